The summed E-state index contributed by atoms with van der Waals surface area (Å²) in [6.07, 6.45) is 3.16. The minimum absolute atomic E-state index is 0.266. The smallest absolute Gasteiger partial charge is 0.185 e. The SMILES string of the molecule is Cc1cc(-c2nc(-c3ccccc3S(=O)(=O)C(C)C)c3c(C)[nH]nc3n2)c2c(c1C1CCN(C)CC1)CCO2. The molecule has 1 N–H and O–H groups in total. The molecule has 4 aromatic rings. The number of benzene rings is 2. The molecule has 2 aromatic carbocycles. The summed E-state index contributed by atoms with van der Waals surface area (Å²) in [5.74, 6) is 1.87. The van der Waals surface area contributed by atoms with Crippen molar-refractivity contribution in [2.24, 2.45) is 0 Å². The third-order valence-corrected chi connectivity index (χ3v) is 10.5. The van der Waals surface area contributed by atoms with Crippen LogP contribution in [-0.2, 0) is 16.3 Å². The number of sulfone groups is 1. The zero-order chi connectivity index (χ0) is 27.5. The van der Waals surface area contributed by atoms with E-state index < -0.39 is 15.1 Å². The minimum atomic E-state index is -3.56. The van der Waals surface area contributed by atoms with E-state index in [-0.39, 0.29) is 4.90 Å². The summed E-state index contributed by atoms with van der Waals surface area (Å²) in [5.41, 5.74) is 7.17. The molecule has 0 saturated carbocycles. The van der Waals surface area contributed by atoms with E-state index in [9.17, 15) is 8.42 Å². The molecule has 1 saturated heterocycles. The van der Waals surface area contributed by atoms with Gasteiger partial charge in [0, 0.05) is 23.2 Å². The minimum Gasteiger partial charge on any atom is -0.492 e. The Labute approximate surface area is 229 Å². The van der Waals surface area contributed by atoms with Crippen LogP contribution in [0.2, 0.25) is 0 Å². The van der Waals surface area contributed by atoms with Gasteiger partial charge in [0.1, 0.15) is 5.75 Å². The van der Waals surface area contributed by atoms with Gasteiger partial charge >= 0.3 is 0 Å². The van der Waals surface area contributed by atoms with E-state index in [2.05, 4.69) is 35.1 Å². The summed E-state index contributed by atoms with van der Waals surface area (Å²) in [6, 6.07) is 9.24. The summed E-state index contributed by atoms with van der Waals surface area (Å²) >= 11 is 0. The molecule has 0 amide bonds. The Morgan fingerprint density at radius 2 is 1.82 bits per heavy atom. The number of aromatic nitrogens is 4. The Kier molecular flexibility index (Phi) is 6.46. The fourth-order valence-corrected chi connectivity index (χ4v) is 7.38. The van der Waals surface area contributed by atoms with Crippen molar-refractivity contribution in [3.8, 4) is 28.4 Å². The summed E-state index contributed by atoms with van der Waals surface area (Å²) < 4.78 is 33.0. The number of piperidine rings is 1. The van der Waals surface area contributed by atoms with Gasteiger partial charge < -0.3 is 9.64 Å². The Morgan fingerprint density at radius 3 is 2.56 bits per heavy atom. The number of aryl methyl sites for hydroxylation is 2. The standard InChI is InChI=1S/C30H35N5O3S/c1-17(2)39(36,37)24-9-7-6-8-21(24)27-26-19(4)33-34-30(26)32-29(31-27)23-16-18(3)25(22-12-15-38-28(22)23)20-10-13-35(5)14-11-20/h6-9,16-17,20H,10-15H2,1-5H3,(H,31,32,33,34). The predicted molar refractivity (Wildman–Crippen MR) is 153 cm³/mol. The van der Waals surface area contributed by atoms with Gasteiger partial charge in [0.15, 0.2) is 21.3 Å². The van der Waals surface area contributed by atoms with E-state index in [1.807, 2.05) is 19.1 Å². The molecule has 2 aliphatic heterocycles. The number of nitrogens with zero attached hydrogens (tertiary/aromatic N) is 4. The zero-order valence-electron chi connectivity index (χ0n) is 23.2. The Hall–Kier alpha value is -3.30. The molecular weight excluding hydrogens is 510 g/mol. The molecule has 4 heterocycles. The van der Waals surface area contributed by atoms with Crippen molar-refractivity contribution >= 4 is 20.9 Å². The number of hydrogen-bond donors (Lipinski definition) is 1. The summed E-state index contributed by atoms with van der Waals surface area (Å²) in [5, 5.41) is 7.65. The van der Waals surface area contributed by atoms with Gasteiger partial charge in [-0.2, -0.15) is 5.10 Å². The summed E-state index contributed by atoms with van der Waals surface area (Å²) in [4.78, 5) is 12.6. The van der Waals surface area contributed by atoms with Crippen LogP contribution in [0.5, 0.6) is 5.75 Å². The number of aromatic amines is 1. The number of rotatable bonds is 5. The molecular formula is C30H35N5O3S. The van der Waals surface area contributed by atoms with Crippen molar-refractivity contribution in [1.82, 2.24) is 25.1 Å². The van der Waals surface area contributed by atoms with Crippen LogP contribution in [0.25, 0.3) is 33.7 Å². The summed E-state index contributed by atoms with van der Waals surface area (Å²) in [6.45, 7) is 10.3. The van der Waals surface area contributed by atoms with Crippen molar-refractivity contribution in [1.29, 1.82) is 0 Å². The lowest BCUT2D eigenvalue weighted by Crippen LogP contribution is -2.29. The van der Waals surface area contributed by atoms with Crippen LogP contribution in [0.15, 0.2) is 35.2 Å². The van der Waals surface area contributed by atoms with E-state index >= 15 is 0 Å². The second-order valence-electron chi connectivity index (χ2n) is 11.2. The Bertz CT molecular complexity index is 1680. The topological polar surface area (TPSA) is 101 Å². The van der Waals surface area contributed by atoms with Gasteiger partial charge in [-0.3, -0.25) is 5.10 Å². The lowest BCUT2D eigenvalue weighted by molar-refractivity contribution is 0.254. The first-order valence-corrected chi connectivity index (χ1v) is 15.3. The van der Waals surface area contributed by atoms with Gasteiger partial charge in [-0.05, 0) is 89.9 Å². The highest BCUT2D eigenvalue weighted by molar-refractivity contribution is 7.92. The molecule has 8 nitrogen and oxygen atoms in total. The van der Waals surface area contributed by atoms with Crippen LogP contribution in [-0.4, -0.2) is 65.5 Å². The van der Waals surface area contributed by atoms with Gasteiger partial charge in [0.25, 0.3) is 0 Å². The normalized spacial score (nSPS) is 16.7. The van der Waals surface area contributed by atoms with Crippen LogP contribution < -0.4 is 4.74 Å². The fourth-order valence-electron chi connectivity index (χ4n) is 6.13. The average molecular weight is 546 g/mol. The molecule has 0 aliphatic carbocycles. The third kappa shape index (κ3) is 4.32. The van der Waals surface area contributed by atoms with Crippen LogP contribution in [0, 0.1) is 13.8 Å². The highest BCUT2D eigenvalue weighted by atomic mass is 32.2. The second-order valence-corrected chi connectivity index (χ2v) is 13.6. The van der Waals surface area contributed by atoms with Crippen LogP contribution in [0.4, 0.5) is 0 Å². The molecule has 39 heavy (non-hydrogen) atoms. The fraction of sp³-hybridized carbons (Fsp3) is 0.433. The third-order valence-electron chi connectivity index (χ3n) is 8.26. The number of nitrogens with one attached hydrogen (secondary N) is 1. The average Bonchev–Trinajstić information content (AvgIpc) is 3.55. The molecule has 6 rings (SSSR count). The summed E-state index contributed by atoms with van der Waals surface area (Å²) in [7, 11) is -1.37. The van der Waals surface area contributed by atoms with Crippen LogP contribution >= 0.6 is 0 Å². The molecule has 2 aliphatic rings. The predicted octanol–water partition coefficient (Wildman–Crippen LogP) is 5.23. The molecule has 1 fully saturated rings. The van der Waals surface area contributed by atoms with Crippen LogP contribution in [0.3, 0.4) is 0 Å². The monoisotopic (exact) mass is 545 g/mol. The molecule has 0 radical (unpaired) electrons. The maximum atomic E-state index is 13.4. The first-order chi connectivity index (χ1) is 18.7. The number of hydrogen-bond acceptors (Lipinski definition) is 7. The molecule has 0 bridgehead atoms. The molecule has 204 valence electrons. The van der Waals surface area contributed by atoms with Gasteiger partial charge in [0.2, 0.25) is 0 Å². The van der Waals surface area contributed by atoms with E-state index in [1.165, 1.54) is 16.7 Å². The van der Waals surface area contributed by atoms with Crippen LogP contribution in [0.1, 0.15) is 55.0 Å². The van der Waals surface area contributed by atoms with E-state index in [0.29, 0.717) is 35.3 Å². The van der Waals surface area contributed by atoms with Crippen molar-refractivity contribution < 1.29 is 13.2 Å². The highest BCUT2D eigenvalue weighted by Crippen LogP contribution is 2.45. The lowest BCUT2D eigenvalue weighted by atomic mass is 9.82. The Balaban J connectivity index is 1.56. The molecule has 2 aromatic heterocycles. The van der Waals surface area contributed by atoms with Crippen molar-refractivity contribution in [2.75, 3.05) is 26.7 Å². The molecule has 0 unspecified atom stereocenters. The number of fused-ring (bicyclic) bond motifs is 2. The first kappa shape index (κ1) is 26.0. The molecule has 0 spiro atoms. The number of likely N-dealkylation sites (tertiary alicyclic amines) is 1. The maximum absolute atomic E-state index is 13.4. The van der Waals surface area contributed by atoms with Crippen molar-refractivity contribution in [3.05, 3.63) is 52.7 Å². The van der Waals surface area contributed by atoms with Gasteiger partial charge in [-0.15, -0.1) is 0 Å². The van der Waals surface area contributed by atoms with Gasteiger partial charge in [-0.1, -0.05) is 18.2 Å². The second kappa shape index (κ2) is 9.71. The maximum Gasteiger partial charge on any atom is 0.185 e. The zero-order valence-corrected chi connectivity index (χ0v) is 24.0. The number of H-pyrrole nitrogens is 1. The lowest BCUT2D eigenvalue weighted by Gasteiger charge is -2.31. The van der Waals surface area contributed by atoms with Gasteiger partial charge in [0.05, 0.1) is 33.4 Å². The molecule has 0 atom stereocenters. The number of ether oxygens (including phenoxy) is 1. The largest absolute Gasteiger partial charge is 0.492 e. The highest BCUT2D eigenvalue weighted by Gasteiger charge is 2.31. The van der Waals surface area contributed by atoms with E-state index in [4.69, 9.17) is 14.7 Å². The van der Waals surface area contributed by atoms with E-state index in [0.717, 1.165) is 54.7 Å². The van der Waals surface area contributed by atoms with Crippen molar-refractivity contribution in [3.63, 3.8) is 0 Å². The van der Waals surface area contributed by atoms with Crippen molar-refractivity contribution in [2.45, 2.75) is 63.0 Å². The van der Waals surface area contributed by atoms with Gasteiger partial charge in [-0.25, -0.2) is 18.4 Å². The quantitative estimate of drug-likeness (QED) is 0.366. The Morgan fingerprint density at radius 1 is 1.08 bits per heavy atom. The van der Waals surface area contributed by atoms with E-state index in [1.54, 1.807) is 26.0 Å². The first-order valence-electron chi connectivity index (χ1n) is 13.7. The molecule has 9 heteroatoms.